The van der Waals surface area contributed by atoms with Gasteiger partial charge in [-0.3, -0.25) is 14.8 Å². The van der Waals surface area contributed by atoms with Crippen LogP contribution in [0.5, 0.6) is 0 Å². The number of fused-ring (bicyclic) bond motifs is 1. The Hall–Kier alpha value is -2.55. The zero-order valence-corrected chi connectivity index (χ0v) is 19.0. The second kappa shape index (κ2) is 9.30. The molecule has 2 aromatic rings. The third kappa shape index (κ3) is 4.87. The summed E-state index contributed by atoms with van der Waals surface area (Å²) in [5, 5.41) is 12.1. The lowest BCUT2D eigenvalue weighted by Crippen LogP contribution is -2.55. The first-order valence-electron chi connectivity index (χ1n) is 10.2. The van der Waals surface area contributed by atoms with Crippen LogP contribution in [0.4, 0.5) is 0 Å². The number of likely N-dealkylation sites (N-methyl/N-ethyl adjacent to an activating group) is 1. The average molecular weight is 462 g/mol. The van der Waals surface area contributed by atoms with Gasteiger partial charge in [0.2, 0.25) is 5.91 Å². The first-order valence-corrected chi connectivity index (χ1v) is 10.9. The second-order valence-corrected chi connectivity index (χ2v) is 8.42. The van der Waals surface area contributed by atoms with E-state index in [2.05, 4.69) is 22.7 Å². The van der Waals surface area contributed by atoms with E-state index in [0.29, 0.717) is 29.7 Å². The highest BCUT2D eigenvalue weighted by atomic mass is 35.5. The molecule has 164 valence electrons. The fraction of sp³-hybridized carbons (Fsp3) is 0.381. The van der Waals surface area contributed by atoms with Gasteiger partial charge in [0, 0.05) is 38.1 Å². The van der Waals surface area contributed by atoms with Crippen molar-refractivity contribution < 1.29 is 4.79 Å². The molecule has 0 saturated carbocycles. The Balaban J connectivity index is 1.38. The maximum Gasteiger partial charge on any atom is 0.246 e. The van der Waals surface area contributed by atoms with Crippen molar-refractivity contribution in [3.05, 3.63) is 63.7 Å². The Morgan fingerprint density at radius 2 is 2.10 bits per heavy atom. The van der Waals surface area contributed by atoms with E-state index >= 15 is 0 Å². The van der Waals surface area contributed by atoms with Crippen LogP contribution in [0, 0.1) is 0 Å². The van der Waals surface area contributed by atoms with Crippen molar-refractivity contribution in [2.75, 3.05) is 20.1 Å². The van der Waals surface area contributed by atoms with Crippen molar-refractivity contribution in [3.63, 3.8) is 0 Å². The topological polar surface area (TPSA) is 77.8 Å². The van der Waals surface area contributed by atoms with Crippen LogP contribution in [0.15, 0.2) is 47.5 Å². The van der Waals surface area contributed by atoms with Crippen molar-refractivity contribution in [1.82, 2.24) is 30.2 Å². The van der Waals surface area contributed by atoms with Gasteiger partial charge in [0.25, 0.3) is 0 Å². The summed E-state index contributed by atoms with van der Waals surface area (Å²) in [6.45, 7) is 4.46. The van der Waals surface area contributed by atoms with Gasteiger partial charge in [0.05, 0.1) is 29.3 Å². The molecule has 1 aromatic heterocycles. The summed E-state index contributed by atoms with van der Waals surface area (Å²) in [6, 6.07) is 5.58. The molecule has 3 heterocycles. The number of benzene rings is 1. The smallest absolute Gasteiger partial charge is 0.246 e. The number of halogens is 2. The molecule has 1 atom stereocenters. The quantitative estimate of drug-likeness (QED) is 0.662. The number of hydrogen-bond donors (Lipinski definition) is 2. The van der Waals surface area contributed by atoms with Crippen LogP contribution in [-0.2, 0) is 17.9 Å². The molecule has 1 amide bonds. The predicted molar refractivity (Wildman–Crippen MR) is 122 cm³/mol. The molecule has 2 aliphatic rings. The molecule has 31 heavy (non-hydrogen) atoms. The lowest BCUT2D eigenvalue weighted by atomic mass is 10.2. The summed E-state index contributed by atoms with van der Waals surface area (Å²) < 4.78 is 1.86. The summed E-state index contributed by atoms with van der Waals surface area (Å²) >= 11 is 12.1. The standard InChI is InChI=1S/C21H25Cl2N7O/c1-3-6-29-13-19(31)28(2)18-10-25-21(27-20(18)29)24-8-15-9-26-30(12-15)11-14-4-5-16(22)17(23)7-14/h4-5,7,9-10,12,21,24-25H,3,6,8,11,13H2,1-2H3. The van der Waals surface area contributed by atoms with Gasteiger partial charge in [0.15, 0.2) is 12.1 Å². The van der Waals surface area contributed by atoms with Gasteiger partial charge in [-0.2, -0.15) is 5.10 Å². The van der Waals surface area contributed by atoms with E-state index in [0.717, 1.165) is 35.6 Å². The Morgan fingerprint density at radius 3 is 2.87 bits per heavy atom. The second-order valence-electron chi connectivity index (χ2n) is 7.60. The van der Waals surface area contributed by atoms with Gasteiger partial charge >= 0.3 is 0 Å². The molecular formula is C21H25Cl2N7O. The van der Waals surface area contributed by atoms with Crippen LogP contribution >= 0.6 is 23.2 Å². The van der Waals surface area contributed by atoms with E-state index in [-0.39, 0.29) is 12.2 Å². The van der Waals surface area contributed by atoms with E-state index < -0.39 is 0 Å². The van der Waals surface area contributed by atoms with Crippen LogP contribution in [0.3, 0.4) is 0 Å². The average Bonchev–Trinajstić information content (AvgIpc) is 3.20. The normalized spacial score (nSPS) is 18.5. The maximum absolute atomic E-state index is 12.2. The van der Waals surface area contributed by atoms with Crippen molar-refractivity contribution in [2.24, 2.45) is 4.99 Å². The van der Waals surface area contributed by atoms with Gasteiger partial charge in [-0.05, 0) is 24.1 Å². The minimum atomic E-state index is -0.280. The molecule has 2 N–H and O–H groups in total. The Bertz CT molecular complexity index is 1030. The summed E-state index contributed by atoms with van der Waals surface area (Å²) in [7, 11) is 1.78. The number of aliphatic imine (C=N–C) groups is 1. The molecule has 4 rings (SSSR count). The highest BCUT2D eigenvalue weighted by Gasteiger charge is 2.33. The fourth-order valence-electron chi connectivity index (χ4n) is 3.60. The lowest BCUT2D eigenvalue weighted by Gasteiger charge is -2.39. The molecule has 8 nitrogen and oxygen atoms in total. The van der Waals surface area contributed by atoms with E-state index in [1.54, 1.807) is 18.0 Å². The molecule has 1 saturated heterocycles. The number of nitrogens with one attached hydrogen (secondary N) is 2. The number of nitrogens with zero attached hydrogens (tertiary/aromatic N) is 5. The number of hydrogen-bond acceptors (Lipinski definition) is 6. The van der Waals surface area contributed by atoms with Crippen LogP contribution < -0.4 is 10.6 Å². The van der Waals surface area contributed by atoms with Gasteiger partial charge in [0.1, 0.15) is 5.70 Å². The third-order valence-electron chi connectivity index (χ3n) is 5.23. The highest BCUT2D eigenvalue weighted by molar-refractivity contribution is 6.42. The lowest BCUT2D eigenvalue weighted by molar-refractivity contribution is -0.129. The number of amides is 1. The molecule has 1 fully saturated rings. The zero-order chi connectivity index (χ0) is 22.0. The number of amidine groups is 1. The predicted octanol–water partition coefficient (Wildman–Crippen LogP) is 2.64. The van der Waals surface area contributed by atoms with E-state index in [1.807, 2.05) is 40.3 Å². The van der Waals surface area contributed by atoms with Crippen molar-refractivity contribution >= 4 is 34.9 Å². The van der Waals surface area contributed by atoms with E-state index in [9.17, 15) is 4.79 Å². The molecule has 2 aliphatic heterocycles. The van der Waals surface area contributed by atoms with Gasteiger partial charge in [-0.25, -0.2) is 4.99 Å². The number of aromatic nitrogens is 2. The van der Waals surface area contributed by atoms with Gasteiger partial charge in [-0.1, -0.05) is 36.2 Å². The molecular weight excluding hydrogens is 437 g/mol. The molecule has 0 bridgehead atoms. The molecule has 1 aromatic carbocycles. The first kappa shape index (κ1) is 21.7. The molecule has 0 spiro atoms. The van der Waals surface area contributed by atoms with Crippen LogP contribution in [0.1, 0.15) is 24.5 Å². The summed E-state index contributed by atoms with van der Waals surface area (Å²) in [6.07, 6.45) is 6.35. The van der Waals surface area contributed by atoms with E-state index in [1.165, 1.54) is 0 Å². The largest absolute Gasteiger partial charge is 0.356 e. The number of piperazine rings is 1. The van der Waals surface area contributed by atoms with Crippen molar-refractivity contribution in [2.45, 2.75) is 32.7 Å². The zero-order valence-electron chi connectivity index (χ0n) is 17.5. The summed E-state index contributed by atoms with van der Waals surface area (Å²) in [5.41, 5.74) is 2.87. The number of rotatable bonds is 7. The monoisotopic (exact) mass is 461 g/mol. The van der Waals surface area contributed by atoms with Gasteiger partial charge < -0.3 is 15.1 Å². The highest BCUT2D eigenvalue weighted by Crippen LogP contribution is 2.23. The maximum atomic E-state index is 12.2. The molecule has 10 heteroatoms. The number of carbonyl (C=O) groups excluding carboxylic acids is 1. The first-order chi connectivity index (χ1) is 14.9. The summed E-state index contributed by atoms with van der Waals surface area (Å²) in [5.74, 6) is 0.914. The third-order valence-corrected chi connectivity index (χ3v) is 5.97. The Labute approximate surface area is 191 Å². The Morgan fingerprint density at radius 1 is 1.26 bits per heavy atom. The van der Waals surface area contributed by atoms with E-state index in [4.69, 9.17) is 28.2 Å². The minimum absolute atomic E-state index is 0.0706. The molecule has 1 unspecified atom stereocenters. The van der Waals surface area contributed by atoms with Crippen molar-refractivity contribution in [3.8, 4) is 0 Å². The minimum Gasteiger partial charge on any atom is -0.356 e. The SMILES string of the molecule is CCCN1CC(=O)N(C)C2=CNC(NCc3cnn(Cc4ccc(Cl)c(Cl)c4)c3)N=C21. The van der Waals surface area contributed by atoms with Gasteiger partial charge in [-0.15, -0.1) is 0 Å². The summed E-state index contributed by atoms with van der Waals surface area (Å²) in [4.78, 5) is 20.7. The van der Waals surface area contributed by atoms with Crippen LogP contribution in [0.25, 0.3) is 0 Å². The Kier molecular flexibility index (Phi) is 6.50. The molecule has 0 aliphatic carbocycles. The van der Waals surface area contributed by atoms with Crippen molar-refractivity contribution in [1.29, 1.82) is 0 Å². The fourth-order valence-corrected chi connectivity index (χ4v) is 3.92. The molecule has 0 radical (unpaired) electrons. The number of carbonyl (C=O) groups is 1. The van der Waals surface area contributed by atoms with Crippen LogP contribution in [0.2, 0.25) is 10.0 Å². The van der Waals surface area contributed by atoms with Crippen LogP contribution in [-0.4, -0.2) is 57.7 Å².